The molecule has 2 atom stereocenters. The van der Waals surface area contributed by atoms with Crippen LogP contribution in [0.15, 0.2) is 0 Å². The van der Waals surface area contributed by atoms with E-state index in [9.17, 15) is 0 Å². The van der Waals surface area contributed by atoms with E-state index in [1.54, 1.807) is 0 Å². The molecule has 0 radical (unpaired) electrons. The minimum absolute atomic E-state index is 0.248. The van der Waals surface area contributed by atoms with Gasteiger partial charge in [0.05, 0.1) is 0 Å². The quantitative estimate of drug-likeness (QED) is 0.897. The van der Waals surface area contributed by atoms with Crippen molar-refractivity contribution in [3.8, 4) is 0 Å². The number of halogens is 1. The number of rotatable bonds is 3. The van der Waals surface area contributed by atoms with Crippen molar-refractivity contribution in [3.63, 3.8) is 0 Å². The molecule has 1 fully saturated rings. The Balaban J connectivity index is 2.25. The molecule has 5 nitrogen and oxygen atoms in total. The average molecular weight is 256 g/mol. The van der Waals surface area contributed by atoms with Gasteiger partial charge < -0.3 is 10.2 Å². The maximum atomic E-state index is 5.92. The highest BCUT2D eigenvalue weighted by Crippen LogP contribution is 2.27. The van der Waals surface area contributed by atoms with Crippen LogP contribution in [-0.2, 0) is 0 Å². The Morgan fingerprint density at radius 3 is 2.71 bits per heavy atom. The lowest BCUT2D eigenvalue weighted by Gasteiger charge is -2.21. The largest absolute Gasteiger partial charge is 0.354 e. The van der Waals surface area contributed by atoms with Gasteiger partial charge in [0.15, 0.2) is 0 Å². The standard InChI is InChI=1S/C11H18ClN5/c1-4-13-10-14-9(12)15-11(16-10)17-6-7(2)5-8(17)3/h7-8H,4-6H2,1-3H3,(H,13,14,15,16). The fraction of sp³-hybridized carbons (Fsp3) is 0.727. The van der Waals surface area contributed by atoms with Crippen LogP contribution in [0.2, 0.25) is 5.28 Å². The molecule has 0 spiro atoms. The molecule has 1 N–H and O–H groups in total. The van der Waals surface area contributed by atoms with Gasteiger partial charge in [-0.1, -0.05) is 6.92 Å². The topological polar surface area (TPSA) is 53.9 Å². The van der Waals surface area contributed by atoms with Crippen LogP contribution < -0.4 is 10.2 Å². The monoisotopic (exact) mass is 255 g/mol. The molecule has 0 aliphatic carbocycles. The first-order valence-corrected chi connectivity index (χ1v) is 6.40. The lowest BCUT2D eigenvalue weighted by molar-refractivity contribution is 0.624. The van der Waals surface area contributed by atoms with E-state index in [4.69, 9.17) is 11.6 Å². The fourth-order valence-electron chi connectivity index (χ4n) is 2.28. The van der Waals surface area contributed by atoms with Crippen LogP contribution in [-0.4, -0.2) is 34.1 Å². The Kier molecular flexibility index (Phi) is 3.66. The highest BCUT2D eigenvalue weighted by molar-refractivity contribution is 6.28. The Labute approximate surface area is 107 Å². The Bertz CT molecular complexity index is 397. The van der Waals surface area contributed by atoms with E-state index < -0.39 is 0 Å². The molecule has 94 valence electrons. The van der Waals surface area contributed by atoms with E-state index in [1.165, 1.54) is 6.42 Å². The summed E-state index contributed by atoms with van der Waals surface area (Å²) in [7, 11) is 0. The summed E-state index contributed by atoms with van der Waals surface area (Å²) in [5.74, 6) is 1.90. The zero-order valence-electron chi connectivity index (χ0n) is 10.4. The molecular formula is C11H18ClN5. The highest BCUT2D eigenvalue weighted by atomic mass is 35.5. The number of anilines is 2. The van der Waals surface area contributed by atoms with Crippen LogP contribution >= 0.6 is 11.6 Å². The zero-order chi connectivity index (χ0) is 12.4. The Morgan fingerprint density at radius 2 is 2.12 bits per heavy atom. The number of aromatic nitrogens is 3. The molecule has 17 heavy (non-hydrogen) atoms. The molecule has 0 aromatic carbocycles. The van der Waals surface area contributed by atoms with Gasteiger partial charge in [0.2, 0.25) is 17.2 Å². The summed E-state index contributed by atoms with van der Waals surface area (Å²) in [5.41, 5.74) is 0. The van der Waals surface area contributed by atoms with Gasteiger partial charge in [-0.3, -0.25) is 0 Å². The van der Waals surface area contributed by atoms with Crippen molar-refractivity contribution in [2.24, 2.45) is 5.92 Å². The number of hydrogen-bond acceptors (Lipinski definition) is 5. The summed E-state index contributed by atoms with van der Waals surface area (Å²) in [5, 5.41) is 3.31. The van der Waals surface area contributed by atoms with Gasteiger partial charge >= 0.3 is 0 Å². The van der Waals surface area contributed by atoms with Gasteiger partial charge in [-0.25, -0.2) is 0 Å². The summed E-state index contributed by atoms with van der Waals surface area (Å²) >= 11 is 5.92. The summed E-state index contributed by atoms with van der Waals surface area (Å²) in [6.45, 7) is 8.18. The van der Waals surface area contributed by atoms with Crippen molar-refractivity contribution >= 4 is 23.5 Å². The number of nitrogens with zero attached hydrogens (tertiary/aromatic N) is 4. The van der Waals surface area contributed by atoms with E-state index in [0.29, 0.717) is 23.9 Å². The van der Waals surface area contributed by atoms with Crippen molar-refractivity contribution in [1.29, 1.82) is 0 Å². The third kappa shape index (κ3) is 2.77. The molecule has 1 aliphatic rings. The van der Waals surface area contributed by atoms with Crippen molar-refractivity contribution in [3.05, 3.63) is 5.28 Å². The second kappa shape index (κ2) is 5.04. The van der Waals surface area contributed by atoms with Gasteiger partial charge in [0, 0.05) is 19.1 Å². The lowest BCUT2D eigenvalue weighted by Crippen LogP contribution is -2.29. The van der Waals surface area contributed by atoms with E-state index >= 15 is 0 Å². The third-order valence-electron chi connectivity index (χ3n) is 2.97. The summed E-state index contributed by atoms with van der Waals surface area (Å²) in [6, 6.07) is 0.456. The maximum absolute atomic E-state index is 5.92. The normalized spacial score (nSPS) is 24.1. The van der Waals surface area contributed by atoms with Crippen LogP contribution in [0.25, 0.3) is 0 Å². The minimum atomic E-state index is 0.248. The SMILES string of the molecule is CCNc1nc(Cl)nc(N2CC(C)CC2C)n1. The minimum Gasteiger partial charge on any atom is -0.354 e. The molecule has 2 rings (SSSR count). The van der Waals surface area contributed by atoms with Gasteiger partial charge in [0.25, 0.3) is 0 Å². The van der Waals surface area contributed by atoms with Crippen molar-refractivity contribution in [2.75, 3.05) is 23.3 Å². The van der Waals surface area contributed by atoms with Crippen molar-refractivity contribution in [1.82, 2.24) is 15.0 Å². The van der Waals surface area contributed by atoms with Crippen LogP contribution in [0.4, 0.5) is 11.9 Å². The second-order valence-corrected chi connectivity index (χ2v) is 4.94. The molecule has 6 heteroatoms. The van der Waals surface area contributed by atoms with E-state index in [1.807, 2.05) is 6.92 Å². The smallest absolute Gasteiger partial charge is 0.231 e. The molecule has 1 aromatic heterocycles. The first-order chi connectivity index (χ1) is 8.10. The molecule has 1 aliphatic heterocycles. The number of hydrogen-bond donors (Lipinski definition) is 1. The molecular weight excluding hydrogens is 238 g/mol. The second-order valence-electron chi connectivity index (χ2n) is 4.60. The number of nitrogens with one attached hydrogen (secondary N) is 1. The molecule has 1 aromatic rings. The summed E-state index contributed by atoms with van der Waals surface area (Å²) in [4.78, 5) is 14.8. The van der Waals surface area contributed by atoms with E-state index in [2.05, 4.69) is 39.0 Å². The summed E-state index contributed by atoms with van der Waals surface area (Å²) in [6.07, 6.45) is 1.17. The third-order valence-corrected chi connectivity index (χ3v) is 3.14. The molecule has 2 unspecified atom stereocenters. The average Bonchev–Trinajstić information content (AvgIpc) is 2.57. The van der Waals surface area contributed by atoms with E-state index in [0.717, 1.165) is 13.1 Å². The zero-order valence-corrected chi connectivity index (χ0v) is 11.2. The highest BCUT2D eigenvalue weighted by Gasteiger charge is 2.28. The van der Waals surface area contributed by atoms with Crippen molar-refractivity contribution in [2.45, 2.75) is 33.2 Å². The Hall–Kier alpha value is -1.10. The fourth-order valence-corrected chi connectivity index (χ4v) is 2.44. The van der Waals surface area contributed by atoms with Gasteiger partial charge in [-0.2, -0.15) is 15.0 Å². The molecule has 0 saturated carbocycles. The lowest BCUT2D eigenvalue weighted by atomic mass is 10.1. The molecule has 0 bridgehead atoms. The van der Waals surface area contributed by atoms with Gasteiger partial charge in [-0.05, 0) is 37.8 Å². The van der Waals surface area contributed by atoms with Crippen LogP contribution in [0.5, 0.6) is 0 Å². The Morgan fingerprint density at radius 1 is 1.35 bits per heavy atom. The molecule has 0 amide bonds. The van der Waals surface area contributed by atoms with Crippen LogP contribution in [0, 0.1) is 5.92 Å². The van der Waals surface area contributed by atoms with Crippen molar-refractivity contribution < 1.29 is 0 Å². The first-order valence-electron chi connectivity index (χ1n) is 6.02. The van der Waals surface area contributed by atoms with E-state index in [-0.39, 0.29) is 5.28 Å². The molecule has 2 heterocycles. The predicted molar refractivity (Wildman–Crippen MR) is 69.6 cm³/mol. The first kappa shape index (κ1) is 12.4. The summed E-state index contributed by atoms with van der Waals surface area (Å²) < 4.78 is 0. The van der Waals surface area contributed by atoms with Crippen LogP contribution in [0.3, 0.4) is 0 Å². The van der Waals surface area contributed by atoms with Gasteiger partial charge in [-0.15, -0.1) is 0 Å². The van der Waals surface area contributed by atoms with Crippen LogP contribution in [0.1, 0.15) is 27.2 Å². The van der Waals surface area contributed by atoms with Gasteiger partial charge in [0.1, 0.15) is 0 Å². The molecule has 1 saturated heterocycles. The maximum Gasteiger partial charge on any atom is 0.231 e. The predicted octanol–water partition coefficient (Wildman–Crippen LogP) is 2.19.